The quantitative estimate of drug-likeness (QED) is 0.652. The van der Waals surface area contributed by atoms with Gasteiger partial charge in [0.2, 0.25) is 11.8 Å². The summed E-state index contributed by atoms with van der Waals surface area (Å²) in [4.78, 5) is 44.4. The van der Waals surface area contributed by atoms with Crippen molar-refractivity contribution in [2.24, 2.45) is 5.92 Å². The maximum absolute atomic E-state index is 13.4. The highest BCUT2D eigenvalue weighted by atomic mass is 35.5. The van der Waals surface area contributed by atoms with Gasteiger partial charge in [-0.05, 0) is 55.0 Å². The molecule has 2 heterocycles. The van der Waals surface area contributed by atoms with Crippen LogP contribution >= 0.6 is 11.6 Å². The van der Waals surface area contributed by atoms with Crippen LogP contribution in [0.4, 0.5) is 0 Å². The fraction of sp³-hybridized carbons (Fsp3) is 0.440. The van der Waals surface area contributed by atoms with E-state index in [1.807, 2.05) is 12.1 Å². The number of pyridine rings is 1. The molecule has 1 saturated heterocycles. The number of carbonyl (C=O) groups is 3. The van der Waals surface area contributed by atoms with Gasteiger partial charge in [0.1, 0.15) is 6.04 Å². The van der Waals surface area contributed by atoms with Crippen molar-refractivity contribution in [3.05, 3.63) is 64.9 Å². The van der Waals surface area contributed by atoms with Crippen LogP contribution in [0.3, 0.4) is 0 Å². The molecule has 1 saturated carbocycles. The molecule has 3 atom stereocenters. The van der Waals surface area contributed by atoms with Gasteiger partial charge in [-0.1, -0.05) is 36.6 Å². The average Bonchev–Trinajstić information content (AvgIpc) is 3.22. The first-order valence-corrected chi connectivity index (χ1v) is 11.9. The number of hydrogen-bond acceptors (Lipinski definition) is 4. The normalized spacial score (nSPS) is 21.8. The van der Waals surface area contributed by atoms with Crippen molar-refractivity contribution in [1.82, 2.24) is 20.5 Å². The zero-order valence-corrected chi connectivity index (χ0v) is 19.3. The fourth-order valence-corrected chi connectivity index (χ4v) is 5.16. The van der Waals surface area contributed by atoms with Crippen LogP contribution in [0.1, 0.15) is 54.4 Å². The van der Waals surface area contributed by atoms with Crippen molar-refractivity contribution in [3.63, 3.8) is 0 Å². The number of hydrogen-bond donors (Lipinski definition) is 2. The van der Waals surface area contributed by atoms with Gasteiger partial charge in [-0.25, -0.2) is 0 Å². The van der Waals surface area contributed by atoms with E-state index in [2.05, 4.69) is 15.6 Å². The lowest BCUT2D eigenvalue weighted by molar-refractivity contribution is -0.125. The Hall–Kier alpha value is -2.93. The summed E-state index contributed by atoms with van der Waals surface area (Å²) in [5.41, 5.74) is 1.42. The van der Waals surface area contributed by atoms with Crippen molar-refractivity contribution < 1.29 is 14.4 Å². The van der Waals surface area contributed by atoms with Crippen LogP contribution in [0, 0.1) is 5.92 Å². The number of nitrogens with one attached hydrogen (secondary N) is 2. The Bertz CT molecular complexity index is 1000. The molecule has 1 aliphatic carbocycles. The van der Waals surface area contributed by atoms with Gasteiger partial charge in [-0.2, -0.15) is 0 Å². The van der Waals surface area contributed by atoms with E-state index in [1.165, 1.54) is 0 Å². The molecule has 2 aromatic rings. The number of amides is 3. The standard InChI is InChI=1S/C25H29ClN4O3/c26-20-8-3-7-19(13-20)25(33)30-21-9-2-1-6-18(21)14-22(30)24(32)28-12-10-23(31)29-16-17-5-4-11-27-15-17/h3-5,7-8,11,13,15,18,21-22H,1-2,6,9-10,12,14,16H2,(H,28,32)(H,29,31). The molecule has 2 fully saturated rings. The first kappa shape index (κ1) is 23.2. The number of likely N-dealkylation sites (tertiary alicyclic amines) is 1. The zero-order valence-electron chi connectivity index (χ0n) is 18.5. The molecule has 174 valence electrons. The molecule has 33 heavy (non-hydrogen) atoms. The van der Waals surface area contributed by atoms with E-state index in [0.29, 0.717) is 29.5 Å². The molecule has 7 nitrogen and oxygen atoms in total. The van der Waals surface area contributed by atoms with Crippen molar-refractivity contribution in [2.45, 2.75) is 57.2 Å². The average molecular weight is 469 g/mol. The number of nitrogens with zero attached hydrogens (tertiary/aromatic N) is 2. The summed E-state index contributed by atoms with van der Waals surface area (Å²) in [7, 11) is 0. The minimum absolute atomic E-state index is 0.0729. The molecular weight excluding hydrogens is 440 g/mol. The van der Waals surface area contributed by atoms with Crippen LogP contribution in [-0.4, -0.2) is 46.2 Å². The second kappa shape index (κ2) is 10.8. The Morgan fingerprint density at radius 3 is 2.73 bits per heavy atom. The van der Waals surface area contributed by atoms with Crippen molar-refractivity contribution >= 4 is 29.3 Å². The number of aromatic nitrogens is 1. The lowest BCUT2D eigenvalue weighted by Crippen LogP contribution is -2.50. The molecule has 4 rings (SSSR count). The molecule has 2 aliphatic rings. The third-order valence-electron chi connectivity index (χ3n) is 6.56. The summed E-state index contributed by atoms with van der Waals surface area (Å²) in [5.74, 6) is -0.160. The van der Waals surface area contributed by atoms with Gasteiger partial charge >= 0.3 is 0 Å². The minimum atomic E-state index is -0.525. The summed E-state index contributed by atoms with van der Waals surface area (Å²) >= 11 is 6.10. The molecule has 3 unspecified atom stereocenters. The molecule has 2 N–H and O–H groups in total. The summed E-state index contributed by atoms with van der Waals surface area (Å²) in [6, 6.07) is 10.1. The summed E-state index contributed by atoms with van der Waals surface area (Å²) < 4.78 is 0. The minimum Gasteiger partial charge on any atom is -0.354 e. The molecular formula is C25H29ClN4O3. The van der Waals surface area contributed by atoms with Crippen LogP contribution in [0.5, 0.6) is 0 Å². The molecule has 3 amide bonds. The fourth-order valence-electron chi connectivity index (χ4n) is 4.97. The van der Waals surface area contributed by atoms with Gasteiger partial charge in [0.15, 0.2) is 0 Å². The summed E-state index contributed by atoms with van der Waals surface area (Å²) in [5, 5.41) is 6.21. The van der Waals surface area contributed by atoms with E-state index < -0.39 is 6.04 Å². The van der Waals surface area contributed by atoms with Gasteiger partial charge in [-0.15, -0.1) is 0 Å². The van der Waals surface area contributed by atoms with Crippen molar-refractivity contribution in [2.75, 3.05) is 6.54 Å². The number of benzene rings is 1. The lowest BCUT2D eigenvalue weighted by Gasteiger charge is -2.33. The molecule has 1 aliphatic heterocycles. The third-order valence-corrected chi connectivity index (χ3v) is 6.80. The largest absolute Gasteiger partial charge is 0.354 e. The molecule has 0 radical (unpaired) electrons. The Labute approximate surface area is 198 Å². The van der Waals surface area contributed by atoms with Crippen LogP contribution in [0.15, 0.2) is 48.8 Å². The highest BCUT2D eigenvalue weighted by molar-refractivity contribution is 6.31. The highest BCUT2D eigenvalue weighted by Gasteiger charge is 2.47. The smallest absolute Gasteiger partial charge is 0.254 e. The van der Waals surface area contributed by atoms with E-state index >= 15 is 0 Å². The Balaban J connectivity index is 1.35. The van der Waals surface area contributed by atoms with Gasteiger partial charge in [0.25, 0.3) is 5.91 Å². The van der Waals surface area contributed by atoms with Gasteiger partial charge in [-0.3, -0.25) is 19.4 Å². The summed E-state index contributed by atoms with van der Waals surface area (Å²) in [6.45, 7) is 0.622. The molecule has 8 heteroatoms. The van der Waals surface area contributed by atoms with E-state index in [9.17, 15) is 14.4 Å². The second-order valence-corrected chi connectivity index (χ2v) is 9.20. The predicted octanol–water partition coefficient (Wildman–Crippen LogP) is 3.33. The molecule has 1 aromatic heterocycles. The summed E-state index contributed by atoms with van der Waals surface area (Å²) in [6.07, 6.45) is 8.36. The lowest BCUT2D eigenvalue weighted by atomic mass is 9.84. The first-order chi connectivity index (χ1) is 16.0. The van der Waals surface area contributed by atoms with Crippen LogP contribution in [0.2, 0.25) is 5.02 Å². The maximum Gasteiger partial charge on any atom is 0.254 e. The Morgan fingerprint density at radius 1 is 1.09 bits per heavy atom. The van der Waals surface area contributed by atoms with Crippen molar-refractivity contribution in [1.29, 1.82) is 0 Å². The molecule has 0 spiro atoms. The Morgan fingerprint density at radius 2 is 1.94 bits per heavy atom. The number of carbonyl (C=O) groups excluding carboxylic acids is 3. The molecule has 0 bridgehead atoms. The number of rotatable bonds is 7. The topological polar surface area (TPSA) is 91.4 Å². The monoisotopic (exact) mass is 468 g/mol. The van der Waals surface area contributed by atoms with E-state index in [4.69, 9.17) is 11.6 Å². The predicted molar refractivity (Wildman–Crippen MR) is 125 cm³/mol. The van der Waals surface area contributed by atoms with E-state index in [0.717, 1.165) is 31.2 Å². The molecule has 1 aromatic carbocycles. The van der Waals surface area contributed by atoms with E-state index in [-0.39, 0.29) is 36.7 Å². The maximum atomic E-state index is 13.4. The zero-order chi connectivity index (χ0) is 23.2. The van der Waals surface area contributed by atoms with E-state index in [1.54, 1.807) is 41.6 Å². The number of fused-ring (bicyclic) bond motifs is 1. The van der Waals surface area contributed by atoms with Gasteiger partial charge in [0, 0.05) is 48.5 Å². The highest BCUT2D eigenvalue weighted by Crippen LogP contribution is 2.40. The van der Waals surface area contributed by atoms with Crippen LogP contribution < -0.4 is 10.6 Å². The van der Waals surface area contributed by atoms with Gasteiger partial charge in [0.05, 0.1) is 0 Å². The second-order valence-electron chi connectivity index (χ2n) is 8.77. The van der Waals surface area contributed by atoms with Crippen LogP contribution in [0.25, 0.3) is 0 Å². The Kier molecular flexibility index (Phi) is 7.60. The van der Waals surface area contributed by atoms with Crippen LogP contribution in [-0.2, 0) is 16.1 Å². The third kappa shape index (κ3) is 5.71. The number of halogens is 1. The first-order valence-electron chi connectivity index (χ1n) is 11.5. The SMILES string of the molecule is O=C(CCNC(=O)C1CC2CCCCC2N1C(=O)c1cccc(Cl)c1)NCc1cccnc1. The van der Waals surface area contributed by atoms with Crippen molar-refractivity contribution in [3.8, 4) is 0 Å². The van der Waals surface area contributed by atoms with Gasteiger partial charge < -0.3 is 15.5 Å².